The van der Waals surface area contributed by atoms with Crippen LogP contribution in [0.2, 0.25) is 0 Å². The standard InChI is InChI=1S/C8H9N5O3/c14-7(1-2-8(15)16)5-6-3-4-9-11-13-12-10-6/h3-4H,1-2,5H2,(H,15,16). The van der Waals surface area contributed by atoms with Crippen LogP contribution < -0.4 is 0 Å². The lowest BCUT2D eigenvalue weighted by Crippen LogP contribution is -2.08. The Bertz CT molecular complexity index is 396. The predicted molar refractivity (Wildman–Crippen MR) is 52.8 cm³/mol. The molecule has 0 amide bonds. The minimum atomic E-state index is -1.00. The van der Waals surface area contributed by atoms with Gasteiger partial charge in [0.05, 0.1) is 24.8 Å². The summed E-state index contributed by atoms with van der Waals surface area (Å²) in [5.74, 6) is -1.23. The molecule has 1 rings (SSSR count). The lowest BCUT2D eigenvalue weighted by atomic mass is 10.1. The van der Waals surface area contributed by atoms with Crippen LogP contribution in [0.4, 0.5) is 0 Å². The summed E-state index contributed by atoms with van der Waals surface area (Å²) in [4.78, 5) is 21.5. The Balaban J connectivity index is 2.47. The SMILES string of the molecule is O=C(O)CCC(=O)CC1=NN=NN=NC=C1. The molecule has 84 valence electrons. The number of aliphatic carboxylic acids is 1. The van der Waals surface area contributed by atoms with E-state index in [2.05, 4.69) is 25.9 Å². The maximum absolute atomic E-state index is 11.3. The number of hydrogen-bond donors (Lipinski definition) is 1. The van der Waals surface area contributed by atoms with Gasteiger partial charge in [-0.1, -0.05) is 0 Å². The average Bonchev–Trinajstić information content (AvgIpc) is 2.19. The van der Waals surface area contributed by atoms with Crippen molar-refractivity contribution in [1.29, 1.82) is 0 Å². The molecule has 0 bridgehead atoms. The molecule has 0 saturated carbocycles. The molecule has 0 fully saturated rings. The molecule has 8 heteroatoms. The van der Waals surface area contributed by atoms with E-state index in [9.17, 15) is 9.59 Å². The molecule has 1 aliphatic rings. The van der Waals surface area contributed by atoms with E-state index >= 15 is 0 Å². The quantitative estimate of drug-likeness (QED) is 0.761. The lowest BCUT2D eigenvalue weighted by Gasteiger charge is -1.98. The Hall–Kier alpha value is -2.25. The summed E-state index contributed by atoms with van der Waals surface area (Å²) >= 11 is 0. The van der Waals surface area contributed by atoms with Crippen LogP contribution in [0.25, 0.3) is 0 Å². The number of hydrogen-bond acceptors (Lipinski definition) is 7. The zero-order valence-electron chi connectivity index (χ0n) is 8.28. The first kappa shape index (κ1) is 11.8. The Morgan fingerprint density at radius 1 is 1.19 bits per heavy atom. The molecule has 0 radical (unpaired) electrons. The maximum atomic E-state index is 11.3. The molecule has 0 atom stereocenters. The van der Waals surface area contributed by atoms with Crippen molar-refractivity contribution in [3.05, 3.63) is 12.3 Å². The number of carbonyl (C=O) groups is 2. The molecule has 0 unspecified atom stereocenters. The zero-order chi connectivity index (χ0) is 11.8. The highest BCUT2D eigenvalue weighted by Gasteiger charge is 2.08. The van der Waals surface area contributed by atoms with Crippen LogP contribution in [0.5, 0.6) is 0 Å². The van der Waals surface area contributed by atoms with Crippen LogP contribution in [-0.4, -0.2) is 22.6 Å². The van der Waals surface area contributed by atoms with Crippen molar-refractivity contribution in [1.82, 2.24) is 0 Å². The average molecular weight is 223 g/mol. The number of nitrogens with zero attached hydrogens (tertiary/aromatic N) is 5. The monoisotopic (exact) mass is 223 g/mol. The molecule has 8 nitrogen and oxygen atoms in total. The molecular formula is C8H9N5O3. The lowest BCUT2D eigenvalue weighted by molar-refractivity contribution is -0.138. The molecule has 0 saturated heterocycles. The van der Waals surface area contributed by atoms with Crippen molar-refractivity contribution < 1.29 is 14.7 Å². The van der Waals surface area contributed by atoms with Crippen molar-refractivity contribution in [3.8, 4) is 0 Å². The van der Waals surface area contributed by atoms with Gasteiger partial charge < -0.3 is 5.11 Å². The van der Waals surface area contributed by atoms with Gasteiger partial charge in [-0.25, -0.2) is 0 Å². The van der Waals surface area contributed by atoms with Crippen molar-refractivity contribution in [3.63, 3.8) is 0 Å². The van der Waals surface area contributed by atoms with Crippen LogP contribution in [0.3, 0.4) is 0 Å². The van der Waals surface area contributed by atoms with E-state index in [-0.39, 0.29) is 25.0 Å². The summed E-state index contributed by atoms with van der Waals surface area (Å²) < 4.78 is 0. The molecule has 0 spiro atoms. The van der Waals surface area contributed by atoms with E-state index < -0.39 is 5.97 Å². The Morgan fingerprint density at radius 2 is 2.00 bits per heavy atom. The van der Waals surface area contributed by atoms with Crippen LogP contribution in [0.15, 0.2) is 38.2 Å². The van der Waals surface area contributed by atoms with E-state index in [1.54, 1.807) is 0 Å². The molecule has 1 heterocycles. The van der Waals surface area contributed by atoms with E-state index in [1.807, 2.05) is 0 Å². The predicted octanol–water partition coefficient (Wildman–Crippen LogP) is 1.51. The van der Waals surface area contributed by atoms with E-state index in [1.165, 1.54) is 12.3 Å². The maximum Gasteiger partial charge on any atom is 0.303 e. The van der Waals surface area contributed by atoms with Crippen molar-refractivity contribution in [2.24, 2.45) is 25.9 Å². The summed E-state index contributed by atoms with van der Waals surface area (Å²) in [6.07, 6.45) is 2.61. The van der Waals surface area contributed by atoms with Crippen LogP contribution in [-0.2, 0) is 9.59 Å². The topological polar surface area (TPSA) is 116 Å². The number of ketones is 1. The smallest absolute Gasteiger partial charge is 0.303 e. The highest BCUT2D eigenvalue weighted by Crippen LogP contribution is 2.01. The summed E-state index contributed by atoms with van der Waals surface area (Å²) in [6, 6.07) is 0. The third kappa shape index (κ3) is 4.84. The fraction of sp³-hybridized carbons (Fsp3) is 0.375. The van der Waals surface area contributed by atoms with Gasteiger partial charge in [0.1, 0.15) is 5.78 Å². The minimum absolute atomic E-state index is 0.0122. The summed E-state index contributed by atoms with van der Waals surface area (Å²) in [5.41, 5.74) is 0.373. The second-order valence-corrected chi connectivity index (χ2v) is 2.90. The molecule has 1 aliphatic heterocycles. The van der Waals surface area contributed by atoms with Gasteiger partial charge >= 0.3 is 5.97 Å². The highest BCUT2D eigenvalue weighted by atomic mass is 16.4. The van der Waals surface area contributed by atoms with Crippen LogP contribution in [0.1, 0.15) is 19.3 Å². The molecule has 16 heavy (non-hydrogen) atoms. The fourth-order valence-electron chi connectivity index (χ4n) is 0.932. The largest absolute Gasteiger partial charge is 0.481 e. The van der Waals surface area contributed by atoms with E-state index in [0.29, 0.717) is 5.71 Å². The van der Waals surface area contributed by atoms with Gasteiger partial charge in [-0.3, -0.25) is 9.59 Å². The number of carboxylic acid groups (broad SMARTS) is 1. The first-order chi connectivity index (χ1) is 7.68. The Kier molecular flexibility index (Phi) is 4.64. The van der Waals surface area contributed by atoms with Gasteiger partial charge in [-0.05, 0) is 21.7 Å². The van der Waals surface area contributed by atoms with E-state index in [0.717, 1.165) is 0 Å². The Morgan fingerprint density at radius 3 is 2.75 bits per heavy atom. The third-order valence-electron chi connectivity index (χ3n) is 1.63. The minimum Gasteiger partial charge on any atom is -0.481 e. The third-order valence-corrected chi connectivity index (χ3v) is 1.63. The second-order valence-electron chi connectivity index (χ2n) is 2.90. The molecule has 1 N–H and O–H groups in total. The van der Waals surface area contributed by atoms with Crippen LogP contribution >= 0.6 is 0 Å². The first-order valence-corrected chi connectivity index (χ1v) is 4.45. The molecule has 0 aromatic rings. The number of carboxylic acids is 1. The van der Waals surface area contributed by atoms with Crippen molar-refractivity contribution >= 4 is 17.5 Å². The summed E-state index contributed by atoms with van der Waals surface area (Å²) in [6.45, 7) is 0. The van der Waals surface area contributed by atoms with Gasteiger partial charge in [0, 0.05) is 6.42 Å². The van der Waals surface area contributed by atoms with Crippen LogP contribution in [0, 0.1) is 0 Å². The summed E-state index contributed by atoms with van der Waals surface area (Å²) in [5, 5.41) is 25.2. The normalized spacial score (nSPS) is 14.1. The summed E-state index contributed by atoms with van der Waals surface area (Å²) in [7, 11) is 0. The van der Waals surface area contributed by atoms with Gasteiger partial charge in [0.25, 0.3) is 0 Å². The highest BCUT2D eigenvalue weighted by molar-refractivity contribution is 6.07. The van der Waals surface area contributed by atoms with Gasteiger partial charge in [-0.2, -0.15) is 0 Å². The van der Waals surface area contributed by atoms with Gasteiger partial charge in [-0.15, -0.1) is 10.2 Å². The van der Waals surface area contributed by atoms with Gasteiger partial charge in [0.15, 0.2) is 0 Å². The fourth-order valence-corrected chi connectivity index (χ4v) is 0.932. The number of allylic oxidation sites excluding steroid dienone is 1. The van der Waals surface area contributed by atoms with Crippen molar-refractivity contribution in [2.45, 2.75) is 19.3 Å². The van der Waals surface area contributed by atoms with Gasteiger partial charge in [0.2, 0.25) is 0 Å². The van der Waals surface area contributed by atoms with E-state index in [4.69, 9.17) is 5.11 Å². The van der Waals surface area contributed by atoms with Crippen molar-refractivity contribution in [2.75, 3.05) is 0 Å². The zero-order valence-corrected chi connectivity index (χ0v) is 8.28. The molecular weight excluding hydrogens is 214 g/mol. The first-order valence-electron chi connectivity index (χ1n) is 4.45. The number of Topliss-reactive ketones (excluding diaryl/α,β-unsaturated/α-hetero) is 1. The molecule has 0 aromatic carbocycles. The molecule has 0 aliphatic carbocycles. The Labute approximate surface area is 90.4 Å². The number of rotatable bonds is 5. The second kappa shape index (κ2) is 6.27. The molecule has 0 aromatic heterocycles. The number of carbonyl (C=O) groups excluding carboxylic acids is 1.